The summed E-state index contributed by atoms with van der Waals surface area (Å²) in [5, 5.41) is 10.5. The molecule has 0 spiro atoms. The number of carbonyl (C=O) groups is 1. The standard InChI is InChI=1S/C14H10FNO5/c15-11-3-1-10(2-4-11)9-20-14(17)21-13-7-5-12(6-8-13)16(18)19/h1-8H,9H2. The number of nitrogens with zero attached hydrogens (tertiary/aromatic N) is 1. The van der Waals surface area contributed by atoms with E-state index in [9.17, 15) is 19.3 Å². The number of ether oxygens (including phenoxy) is 2. The summed E-state index contributed by atoms with van der Waals surface area (Å²) in [5.41, 5.74) is 0.499. The van der Waals surface area contributed by atoms with Crippen LogP contribution in [0.3, 0.4) is 0 Å². The van der Waals surface area contributed by atoms with Crippen LogP contribution in [0.4, 0.5) is 14.9 Å². The molecule has 7 heteroatoms. The van der Waals surface area contributed by atoms with Gasteiger partial charge >= 0.3 is 6.16 Å². The molecule has 0 bridgehead atoms. The molecule has 108 valence electrons. The van der Waals surface area contributed by atoms with E-state index in [2.05, 4.69) is 0 Å². The SMILES string of the molecule is O=C(OCc1ccc(F)cc1)Oc1ccc([N+](=O)[O-])cc1. The highest BCUT2D eigenvalue weighted by Gasteiger charge is 2.09. The van der Waals surface area contributed by atoms with Crippen LogP contribution < -0.4 is 4.74 Å². The van der Waals surface area contributed by atoms with Crippen molar-refractivity contribution in [2.45, 2.75) is 6.61 Å². The van der Waals surface area contributed by atoms with Crippen LogP contribution in [0, 0.1) is 15.9 Å². The number of nitro groups is 1. The summed E-state index contributed by atoms with van der Waals surface area (Å²) < 4.78 is 22.4. The Kier molecular flexibility index (Phi) is 4.45. The van der Waals surface area contributed by atoms with Crippen LogP contribution in [-0.2, 0) is 11.3 Å². The van der Waals surface area contributed by atoms with Crippen LogP contribution in [0.15, 0.2) is 48.5 Å². The number of carbonyl (C=O) groups excluding carboxylic acids is 1. The van der Waals surface area contributed by atoms with Crippen LogP contribution in [0.2, 0.25) is 0 Å². The molecule has 6 nitrogen and oxygen atoms in total. The van der Waals surface area contributed by atoms with Gasteiger partial charge in [0.1, 0.15) is 18.2 Å². The van der Waals surface area contributed by atoms with Gasteiger partial charge in [0.2, 0.25) is 0 Å². The largest absolute Gasteiger partial charge is 0.514 e. The Labute approximate surface area is 118 Å². The van der Waals surface area contributed by atoms with Crippen LogP contribution in [-0.4, -0.2) is 11.1 Å². The van der Waals surface area contributed by atoms with E-state index in [4.69, 9.17) is 9.47 Å². The number of nitro benzene ring substituents is 1. The molecule has 2 rings (SSSR count). The molecule has 0 aliphatic rings. The van der Waals surface area contributed by atoms with Gasteiger partial charge < -0.3 is 9.47 Å². The molecule has 2 aromatic carbocycles. The molecule has 0 heterocycles. The highest BCUT2D eigenvalue weighted by molar-refractivity contribution is 5.64. The number of benzene rings is 2. The first-order valence-electron chi connectivity index (χ1n) is 5.88. The van der Waals surface area contributed by atoms with Crippen molar-refractivity contribution < 1.29 is 23.6 Å². The average molecular weight is 291 g/mol. The van der Waals surface area contributed by atoms with Crippen molar-refractivity contribution >= 4 is 11.8 Å². The minimum absolute atomic E-state index is 0.0634. The maximum Gasteiger partial charge on any atom is 0.514 e. The maximum absolute atomic E-state index is 12.7. The van der Waals surface area contributed by atoms with E-state index in [1.54, 1.807) is 0 Å². The second kappa shape index (κ2) is 6.47. The molecule has 0 saturated heterocycles. The molecule has 0 N–H and O–H groups in total. The highest BCUT2D eigenvalue weighted by atomic mass is 19.1. The minimum Gasteiger partial charge on any atom is -0.429 e. The second-order valence-electron chi connectivity index (χ2n) is 4.02. The number of rotatable bonds is 4. The normalized spacial score (nSPS) is 9.95. The van der Waals surface area contributed by atoms with Crippen molar-refractivity contribution in [3.63, 3.8) is 0 Å². The van der Waals surface area contributed by atoms with E-state index in [0.29, 0.717) is 5.56 Å². The van der Waals surface area contributed by atoms with Crippen molar-refractivity contribution in [1.29, 1.82) is 0 Å². The van der Waals surface area contributed by atoms with E-state index < -0.39 is 11.1 Å². The van der Waals surface area contributed by atoms with Gasteiger partial charge in [-0.15, -0.1) is 0 Å². The zero-order chi connectivity index (χ0) is 15.2. The first kappa shape index (κ1) is 14.4. The predicted octanol–water partition coefficient (Wildman–Crippen LogP) is 3.45. The molecule has 0 fully saturated rings. The Morgan fingerprint density at radius 3 is 2.29 bits per heavy atom. The topological polar surface area (TPSA) is 78.7 Å². The molecule has 2 aromatic rings. The third-order valence-corrected chi connectivity index (χ3v) is 2.52. The number of hydrogen-bond donors (Lipinski definition) is 0. The van der Waals surface area contributed by atoms with Crippen LogP contribution in [0.1, 0.15) is 5.56 Å². The monoisotopic (exact) mass is 291 g/mol. The van der Waals surface area contributed by atoms with Gasteiger partial charge in [0.05, 0.1) is 4.92 Å². The van der Waals surface area contributed by atoms with Crippen LogP contribution >= 0.6 is 0 Å². The minimum atomic E-state index is -0.951. The second-order valence-corrected chi connectivity index (χ2v) is 4.02. The fourth-order valence-corrected chi connectivity index (χ4v) is 1.48. The van der Waals surface area contributed by atoms with E-state index in [1.165, 1.54) is 48.5 Å². The summed E-state index contributed by atoms with van der Waals surface area (Å²) in [4.78, 5) is 21.3. The molecule has 21 heavy (non-hydrogen) atoms. The van der Waals surface area contributed by atoms with E-state index in [0.717, 1.165) is 0 Å². The van der Waals surface area contributed by atoms with Gasteiger partial charge in [-0.2, -0.15) is 0 Å². The Balaban J connectivity index is 1.86. The summed E-state index contributed by atoms with van der Waals surface area (Å²) >= 11 is 0. The average Bonchev–Trinajstić information content (AvgIpc) is 2.47. The summed E-state index contributed by atoms with van der Waals surface area (Å²) in [6, 6.07) is 10.5. The summed E-state index contributed by atoms with van der Waals surface area (Å²) in [5.74, 6) is -0.253. The van der Waals surface area contributed by atoms with Crippen LogP contribution in [0.5, 0.6) is 5.75 Å². The summed E-state index contributed by atoms with van der Waals surface area (Å²) in [6.45, 7) is -0.0634. The zero-order valence-electron chi connectivity index (χ0n) is 10.7. The molecular weight excluding hydrogens is 281 g/mol. The summed E-state index contributed by atoms with van der Waals surface area (Å²) in [6.07, 6.45) is -0.951. The molecule has 0 radical (unpaired) electrons. The molecule has 0 atom stereocenters. The quantitative estimate of drug-likeness (QED) is 0.373. The maximum atomic E-state index is 12.7. The molecule has 0 saturated carbocycles. The number of hydrogen-bond acceptors (Lipinski definition) is 5. The van der Waals surface area contributed by atoms with E-state index >= 15 is 0 Å². The lowest BCUT2D eigenvalue weighted by atomic mass is 10.2. The highest BCUT2D eigenvalue weighted by Crippen LogP contribution is 2.17. The van der Waals surface area contributed by atoms with Crippen molar-refractivity contribution in [3.8, 4) is 5.75 Å². The Bertz CT molecular complexity index is 639. The lowest BCUT2D eigenvalue weighted by molar-refractivity contribution is -0.384. The zero-order valence-corrected chi connectivity index (χ0v) is 10.7. The molecule has 0 aliphatic heterocycles. The van der Waals surface area contributed by atoms with E-state index in [1.807, 2.05) is 0 Å². The first-order chi connectivity index (χ1) is 10.0. The lowest BCUT2D eigenvalue weighted by Gasteiger charge is -2.05. The summed E-state index contributed by atoms with van der Waals surface area (Å²) in [7, 11) is 0. The van der Waals surface area contributed by atoms with E-state index in [-0.39, 0.29) is 23.9 Å². The third kappa shape index (κ3) is 4.27. The Morgan fingerprint density at radius 1 is 1.10 bits per heavy atom. The van der Waals surface area contributed by atoms with Crippen molar-refractivity contribution in [2.75, 3.05) is 0 Å². The molecule has 0 unspecified atom stereocenters. The smallest absolute Gasteiger partial charge is 0.429 e. The fraction of sp³-hybridized carbons (Fsp3) is 0.0714. The van der Waals surface area contributed by atoms with Gasteiger partial charge in [-0.25, -0.2) is 9.18 Å². The molecule has 0 aliphatic carbocycles. The van der Waals surface area contributed by atoms with Gasteiger partial charge in [-0.05, 0) is 29.8 Å². The van der Waals surface area contributed by atoms with Gasteiger partial charge in [-0.1, -0.05) is 12.1 Å². The van der Waals surface area contributed by atoms with Crippen LogP contribution in [0.25, 0.3) is 0 Å². The molecule has 0 amide bonds. The van der Waals surface area contributed by atoms with Gasteiger partial charge in [0.15, 0.2) is 0 Å². The first-order valence-corrected chi connectivity index (χ1v) is 5.88. The fourth-order valence-electron chi connectivity index (χ4n) is 1.48. The lowest BCUT2D eigenvalue weighted by Crippen LogP contribution is -2.10. The number of non-ortho nitro benzene ring substituents is 1. The van der Waals surface area contributed by atoms with Crippen molar-refractivity contribution in [2.24, 2.45) is 0 Å². The van der Waals surface area contributed by atoms with Crippen molar-refractivity contribution in [3.05, 3.63) is 70.0 Å². The Morgan fingerprint density at radius 2 is 1.71 bits per heavy atom. The Hall–Kier alpha value is -2.96. The van der Waals surface area contributed by atoms with Gasteiger partial charge in [0.25, 0.3) is 5.69 Å². The molecule has 0 aromatic heterocycles. The third-order valence-electron chi connectivity index (χ3n) is 2.52. The number of halogens is 1. The van der Waals surface area contributed by atoms with Crippen molar-refractivity contribution in [1.82, 2.24) is 0 Å². The van der Waals surface area contributed by atoms with Gasteiger partial charge in [-0.3, -0.25) is 10.1 Å². The molecular formula is C14H10FNO5. The predicted molar refractivity (Wildman–Crippen MR) is 70.3 cm³/mol. The van der Waals surface area contributed by atoms with Gasteiger partial charge in [0, 0.05) is 12.1 Å².